The first-order chi connectivity index (χ1) is 13.7. The molecule has 0 N–H and O–H groups in total. The fourth-order valence-corrected chi connectivity index (χ4v) is 3.07. The van der Waals surface area contributed by atoms with Gasteiger partial charge in [0.2, 0.25) is 0 Å². The van der Waals surface area contributed by atoms with Crippen LogP contribution in [0.2, 0.25) is 0 Å². The van der Waals surface area contributed by atoms with E-state index in [1.54, 1.807) is 18.2 Å². The minimum atomic E-state index is -0.375. The Labute approximate surface area is 161 Å². The van der Waals surface area contributed by atoms with Crippen LogP contribution in [0.25, 0.3) is 22.1 Å². The topological polar surface area (TPSA) is 52.3 Å². The van der Waals surface area contributed by atoms with Crippen molar-refractivity contribution in [2.75, 3.05) is 0 Å². The zero-order valence-corrected chi connectivity index (χ0v) is 15.1. The van der Waals surface area contributed by atoms with Crippen molar-refractivity contribution in [1.29, 1.82) is 0 Å². The highest BCUT2D eigenvalue weighted by molar-refractivity contribution is 5.85. The number of nitrogens with zero attached hydrogens (tertiary/aromatic N) is 1. The van der Waals surface area contributed by atoms with E-state index < -0.39 is 0 Å². The fraction of sp³-hybridized carbons (Fsp3) is 0.130. The second-order valence-corrected chi connectivity index (χ2v) is 6.40. The van der Waals surface area contributed by atoms with Gasteiger partial charge in [0.1, 0.15) is 12.4 Å². The number of oxazole rings is 1. The monoisotopic (exact) mass is 375 g/mol. The van der Waals surface area contributed by atoms with Gasteiger partial charge in [0.25, 0.3) is 0 Å². The van der Waals surface area contributed by atoms with Gasteiger partial charge in [-0.1, -0.05) is 54.6 Å². The third kappa shape index (κ3) is 3.93. The number of aromatic nitrogens is 1. The van der Waals surface area contributed by atoms with E-state index in [1.165, 1.54) is 12.3 Å². The Balaban J connectivity index is 1.34. The highest BCUT2D eigenvalue weighted by atomic mass is 19.1. The van der Waals surface area contributed by atoms with Gasteiger partial charge < -0.3 is 9.15 Å². The zero-order chi connectivity index (χ0) is 19.3. The summed E-state index contributed by atoms with van der Waals surface area (Å²) in [6.07, 6.45) is 1.90. The molecule has 0 aliphatic heterocycles. The van der Waals surface area contributed by atoms with Crippen LogP contribution in [-0.4, -0.2) is 11.0 Å². The van der Waals surface area contributed by atoms with Crippen molar-refractivity contribution in [3.8, 4) is 11.3 Å². The molecule has 3 aromatic carbocycles. The molecule has 0 amide bonds. The number of aryl methyl sites for hydroxylation is 1. The maximum atomic E-state index is 13.8. The van der Waals surface area contributed by atoms with Gasteiger partial charge in [0.15, 0.2) is 11.7 Å². The van der Waals surface area contributed by atoms with E-state index in [0.29, 0.717) is 23.6 Å². The van der Waals surface area contributed by atoms with E-state index in [1.807, 2.05) is 42.5 Å². The second kappa shape index (κ2) is 8.05. The van der Waals surface area contributed by atoms with Crippen LogP contribution in [0.1, 0.15) is 17.9 Å². The predicted octanol–water partition coefficient (Wildman–Crippen LogP) is 5.31. The number of rotatable bonds is 6. The summed E-state index contributed by atoms with van der Waals surface area (Å²) in [6.45, 7) is 0.215. The molecule has 0 bridgehead atoms. The van der Waals surface area contributed by atoms with Gasteiger partial charge in [0.05, 0.1) is 18.2 Å². The van der Waals surface area contributed by atoms with E-state index in [-0.39, 0.29) is 24.8 Å². The highest BCUT2D eigenvalue weighted by Gasteiger charge is 2.12. The van der Waals surface area contributed by atoms with E-state index in [4.69, 9.17) is 9.15 Å². The molecular formula is C23H18FNO3. The highest BCUT2D eigenvalue weighted by Crippen LogP contribution is 2.24. The van der Waals surface area contributed by atoms with Crippen LogP contribution in [0.15, 0.2) is 77.3 Å². The largest absolute Gasteiger partial charge is 0.461 e. The van der Waals surface area contributed by atoms with Crippen molar-refractivity contribution in [3.63, 3.8) is 0 Å². The van der Waals surface area contributed by atoms with E-state index in [2.05, 4.69) is 4.98 Å². The Morgan fingerprint density at radius 1 is 1.00 bits per heavy atom. The van der Waals surface area contributed by atoms with Gasteiger partial charge in [0, 0.05) is 6.42 Å². The summed E-state index contributed by atoms with van der Waals surface area (Å²) in [7, 11) is 0. The number of ether oxygens (including phenoxy) is 1. The lowest BCUT2D eigenvalue weighted by Gasteiger charge is -2.07. The molecule has 0 aliphatic carbocycles. The lowest BCUT2D eigenvalue weighted by Crippen LogP contribution is -2.06. The van der Waals surface area contributed by atoms with Crippen LogP contribution >= 0.6 is 0 Å². The number of benzene rings is 3. The average Bonchev–Trinajstić information content (AvgIpc) is 3.20. The maximum Gasteiger partial charge on any atom is 0.306 e. The molecule has 0 radical (unpaired) electrons. The third-order valence-corrected chi connectivity index (χ3v) is 4.50. The molecule has 1 aromatic heterocycles. The van der Waals surface area contributed by atoms with Crippen LogP contribution in [-0.2, 0) is 22.6 Å². The van der Waals surface area contributed by atoms with Gasteiger partial charge in [-0.2, -0.15) is 0 Å². The van der Waals surface area contributed by atoms with Crippen molar-refractivity contribution in [2.45, 2.75) is 19.4 Å². The molecule has 0 unspecified atom stereocenters. The van der Waals surface area contributed by atoms with Crippen LogP contribution < -0.4 is 0 Å². The summed E-state index contributed by atoms with van der Waals surface area (Å²) in [5.41, 5.74) is 1.31. The summed E-state index contributed by atoms with van der Waals surface area (Å²) < 4.78 is 24.8. The molecule has 0 aliphatic rings. The fourth-order valence-electron chi connectivity index (χ4n) is 3.07. The quantitative estimate of drug-likeness (QED) is 0.429. The standard InChI is InChI=1S/C23H18FNO3/c24-20-11-4-3-10-19(20)21-14-25-22(28-21)12-13-23(26)27-15-17-8-5-7-16-6-1-2-9-18(16)17/h1-11,14H,12-13,15H2. The Morgan fingerprint density at radius 2 is 1.79 bits per heavy atom. The minimum absolute atomic E-state index is 0.141. The van der Waals surface area contributed by atoms with Gasteiger partial charge in [-0.25, -0.2) is 9.37 Å². The number of halogens is 1. The lowest BCUT2D eigenvalue weighted by atomic mass is 10.1. The first kappa shape index (κ1) is 17.9. The van der Waals surface area contributed by atoms with E-state index in [0.717, 1.165) is 16.3 Å². The smallest absolute Gasteiger partial charge is 0.306 e. The first-order valence-corrected chi connectivity index (χ1v) is 9.02. The van der Waals surface area contributed by atoms with Gasteiger partial charge >= 0.3 is 5.97 Å². The Hall–Kier alpha value is -3.47. The summed E-state index contributed by atoms with van der Waals surface area (Å²) in [4.78, 5) is 16.2. The summed E-state index contributed by atoms with van der Waals surface area (Å²) in [6, 6.07) is 20.2. The normalized spacial score (nSPS) is 10.9. The van der Waals surface area contributed by atoms with Crippen LogP contribution in [0.3, 0.4) is 0 Å². The molecule has 28 heavy (non-hydrogen) atoms. The molecule has 0 saturated heterocycles. The predicted molar refractivity (Wildman–Crippen MR) is 104 cm³/mol. The average molecular weight is 375 g/mol. The molecule has 140 valence electrons. The third-order valence-electron chi connectivity index (χ3n) is 4.50. The lowest BCUT2D eigenvalue weighted by molar-refractivity contribution is -0.144. The van der Waals surface area contributed by atoms with Gasteiger partial charge in [-0.05, 0) is 28.5 Å². The van der Waals surface area contributed by atoms with Crippen LogP contribution in [0.4, 0.5) is 4.39 Å². The first-order valence-electron chi connectivity index (χ1n) is 9.02. The molecule has 4 rings (SSSR count). The summed E-state index contributed by atoms with van der Waals surface area (Å²) in [5, 5.41) is 2.18. The van der Waals surface area contributed by atoms with Crippen molar-refractivity contribution in [1.82, 2.24) is 4.98 Å². The molecule has 1 heterocycles. The second-order valence-electron chi connectivity index (χ2n) is 6.40. The maximum absolute atomic E-state index is 13.8. The molecule has 4 aromatic rings. The number of esters is 1. The van der Waals surface area contributed by atoms with Crippen molar-refractivity contribution >= 4 is 16.7 Å². The van der Waals surface area contributed by atoms with Crippen molar-refractivity contribution in [2.24, 2.45) is 0 Å². The molecule has 0 spiro atoms. The number of hydrogen-bond acceptors (Lipinski definition) is 4. The Morgan fingerprint density at radius 3 is 2.68 bits per heavy atom. The molecule has 0 saturated carbocycles. The molecular weight excluding hydrogens is 357 g/mol. The Bertz CT molecular complexity index is 1110. The summed E-state index contributed by atoms with van der Waals surface area (Å²) >= 11 is 0. The minimum Gasteiger partial charge on any atom is -0.461 e. The number of carbonyl (C=O) groups excluding carboxylic acids is 1. The van der Waals surface area contributed by atoms with E-state index >= 15 is 0 Å². The molecule has 0 atom stereocenters. The SMILES string of the molecule is O=C(CCc1ncc(-c2ccccc2F)o1)OCc1cccc2ccccc12. The molecule has 0 fully saturated rings. The molecule has 5 heteroatoms. The van der Waals surface area contributed by atoms with Crippen LogP contribution in [0.5, 0.6) is 0 Å². The van der Waals surface area contributed by atoms with Crippen molar-refractivity contribution in [3.05, 3.63) is 90.2 Å². The number of hydrogen-bond donors (Lipinski definition) is 0. The van der Waals surface area contributed by atoms with Crippen LogP contribution in [0, 0.1) is 5.82 Å². The van der Waals surface area contributed by atoms with Gasteiger partial charge in [-0.3, -0.25) is 4.79 Å². The number of carbonyl (C=O) groups is 1. The number of fused-ring (bicyclic) bond motifs is 1. The van der Waals surface area contributed by atoms with Crippen molar-refractivity contribution < 1.29 is 18.3 Å². The Kier molecular flexibility index (Phi) is 5.15. The molecule has 4 nitrogen and oxygen atoms in total. The zero-order valence-electron chi connectivity index (χ0n) is 15.1. The summed E-state index contributed by atoms with van der Waals surface area (Å²) in [5.74, 6) is 0.0101. The van der Waals surface area contributed by atoms with Gasteiger partial charge in [-0.15, -0.1) is 0 Å². The van der Waals surface area contributed by atoms with E-state index in [9.17, 15) is 9.18 Å².